The molecule has 1 aliphatic carbocycles. The number of amides is 1. The van der Waals surface area contributed by atoms with Crippen molar-refractivity contribution < 1.29 is 14.6 Å². The molecule has 28 heavy (non-hydrogen) atoms. The number of hydrogen-bond acceptors (Lipinski definition) is 4. The summed E-state index contributed by atoms with van der Waals surface area (Å²) in [6.45, 7) is 1.16. The highest BCUT2D eigenvalue weighted by atomic mass is 16.5. The standard InChI is InChI=1S/C23H28N2O3/c1-28-20-10-9-19(23(27)22(20)16-6-2-3-7-16)17-12-21(26)25(14-17)13-15-5-4-8-18(24)11-15/h4-5,8-11,16-17,27H,2-3,6-7,12-14,24H2,1H3. The highest BCUT2D eigenvalue weighted by molar-refractivity contribution is 5.80. The van der Waals surface area contributed by atoms with Gasteiger partial charge in [0.1, 0.15) is 11.5 Å². The maximum atomic E-state index is 12.6. The van der Waals surface area contributed by atoms with Crippen molar-refractivity contribution in [2.75, 3.05) is 19.4 Å². The van der Waals surface area contributed by atoms with Gasteiger partial charge < -0.3 is 20.5 Å². The second-order valence-corrected chi connectivity index (χ2v) is 8.02. The van der Waals surface area contributed by atoms with E-state index < -0.39 is 0 Å². The Morgan fingerprint density at radius 2 is 1.96 bits per heavy atom. The molecule has 2 aliphatic rings. The van der Waals surface area contributed by atoms with E-state index >= 15 is 0 Å². The van der Waals surface area contributed by atoms with Crippen LogP contribution >= 0.6 is 0 Å². The van der Waals surface area contributed by atoms with Gasteiger partial charge >= 0.3 is 0 Å². The van der Waals surface area contributed by atoms with Gasteiger partial charge in [-0.05, 0) is 48.1 Å². The third-order valence-corrected chi connectivity index (χ3v) is 6.17. The highest BCUT2D eigenvalue weighted by Gasteiger charge is 2.34. The third kappa shape index (κ3) is 3.53. The van der Waals surface area contributed by atoms with Gasteiger partial charge in [0.05, 0.1) is 7.11 Å². The molecule has 1 amide bonds. The second kappa shape index (κ2) is 7.74. The maximum absolute atomic E-state index is 12.6. The second-order valence-electron chi connectivity index (χ2n) is 8.02. The van der Waals surface area contributed by atoms with Crippen LogP contribution in [0, 0.1) is 0 Å². The van der Waals surface area contributed by atoms with Crippen LogP contribution in [-0.2, 0) is 11.3 Å². The summed E-state index contributed by atoms with van der Waals surface area (Å²) >= 11 is 0. The molecule has 5 heteroatoms. The SMILES string of the molecule is COc1ccc(C2CC(=O)N(Cc3cccc(N)c3)C2)c(O)c1C1CCCC1. The Morgan fingerprint density at radius 3 is 2.68 bits per heavy atom. The molecule has 1 saturated carbocycles. The van der Waals surface area contributed by atoms with Gasteiger partial charge in [0.2, 0.25) is 5.91 Å². The molecule has 1 atom stereocenters. The zero-order chi connectivity index (χ0) is 19.7. The quantitative estimate of drug-likeness (QED) is 0.764. The van der Waals surface area contributed by atoms with Crippen LogP contribution < -0.4 is 10.5 Å². The molecule has 0 bridgehead atoms. The molecular formula is C23H28N2O3. The highest BCUT2D eigenvalue weighted by Crippen LogP contribution is 2.47. The first-order chi connectivity index (χ1) is 13.6. The van der Waals surface area contributed by atoms with Gasteiger partial charge in [-0.25, -0.2) is 0 Å². The smallest absolute Gasteiger partial charge is 0.223 e. The number of hydrogen-bond donors (Lipinski definition) is 2. The van der Waals surface area contributed by atoms with Crippen molar-refractivity contribution in [3.8, 4) is 11.5 Å². The summed E-state index contributed by atoms with van der Waals surface area (Å²) in [5, 5.41) is 11.1. The number of rotatable bonds is 5. The lowest BCUT2D eigenvalue weighted by atomic mass is 9.89. The van der Waals surface area contributed by atoms with Crippen LogP contribution in [0.3, 0.4) is 0 Å². The lowest BCUT2D eigenvalue weighted by molar-refractivity contribution is -0.128. The van der Waals surface area contributed by atoms with E-state index in [1.165, 1.54) is 12.8 Å². The number of phenolic OH excluding ortho intramolecular Hbond substituents is 1. The Kier molecular flexibility index (Phi) is 5.16. The van der Waals surface area contributed by atoms with E-state index in [0.717, 1.165) is 35.3 Å². The van der Waals surface area contributed by atoms with Gasteiger partial charge in [0, 0.05) is 36.7 Å². The fourth-order valence-electron chi connectivity index (χ4n) is 4.77. The Labute approximate surface area is 166 Å². The molecule has 1 heterocycles. The van der Waals surface area contributed by atoms with Crippen molar-refractivity contribution in [2.45, 2.75) is 50.5 Å². The van der Waals surface area contributed by atoms with Gasteiger partial charge in [-0.15, -0.1) is 0 Å². The predicted molar refractivity (Wildman–Crippen MR) is 109 cm³/mol. The molecule has 148 valence electrons. The molecule has 5 nitrogen and oxygen atoms in total. The van der Waals surface area contributed by atoms with Crippen molar-refractivity contribution in [1.82, 2.24) is 4.90 Å². The monoisotopic (exact) mass is 380 g/mol. The lowest BCUT2D eigenvalue weighted by Gasteiger charge is -2.21. The molecule has 0 aromatic heterocycles. The van der Waals surface area contributed by atoms with Crippen LogP contribution in [0.15, 0.2) is 36.4 Å². The van der Waals surface area contributed by atoms with Crippen LogP contribution in [0.25, 0.3) is 0 Å². The van der Waals surface area contributed by atoms with Crippen LogP contribution in [0.2, 0.25) is 0 Å². The number of likely N-dealkylation sites (tertiary alicyclic amines) is 1. The first-order valence-electron chi connectivity index (χ1n) is 10.1. The number of nitrogens with zero attached hydrogens (tertiary/aromatic N) is 1. The third-order valence-electron chi connectivity index (χ3n) is 6.17. The van der Waals surface area contributed by atoms with E-state index in [9.17, 15) is 9.90 Å². The summed E-state index contributed by atoms with van der Waals surface area (Å²) in [6, 6.07) is 11.5. The Morgan fingerprint density at radius 1 is 1.18 bits per heavy atom. The van der Waals surface area contributed by atoms with E-state index in [2.05, 4.69) is 0 Å². The number of nitrogens with two attached hydrogens (primary N) is 1. The topological polar surface area (TPSA) is 75.8 Å². The van der Waals surface area contributed by atoms with Crippen molar-refractivity contribution in [3.63, 3.8) is 0 Å². The normalized spacial score (nSPS) is 20.1. The molecule has 0 radical (unpaired) electrons. The number of anilines is 1. The predicted octanol–water partition coefficient (Wildman–Crippen LogP) is 4.16. The van der Waals surface area contributed by atoms with Gasteiger partial charge in [0.15, 0.2) is 0 Å². The zero-order valence-corrected chi connectivity index (χ0v) is 16.4. The molecule has 3 N–H and O–H groups in total. The maximum Gasteiger partial charge on any atom is 0.223 e. The average molecular weight is 380 g/mol. The van der Waals surface area contributed by atoms with E-state index in [0.29, 0.717) is 36.9 Å². The minimum Gasteiger partial charge on any atom is -0.507 e. The van der Waals surface area contributed by atoms with Crippen molar-refractivity contribution in [2.24, 2.45) is 0 Å². The number of ether oxygens (including phenoxy) is 1. The summed E-state index contributed by atoms with van der Waals surface area (Å²) in [7, 11) is 1.65. The summed E-state index contributed by atoms with van der Waals surface area (Å²) in [5.41, 5.74) is 9.39. The first kappa shape index (κ1) is 18.7. The number of nitrogen functional groups attached to an aromatic ring is 1. The van der Waals surface area contributed by atoms with Gasteiger partial charge in [-0.1, -0.05) is 31.0 Å². The van der Waals surface area contributed by atoms with E-state index in [4.69, 9.17) is 10.5 Å². The molecular weight excluding hydrogens is 352 g/mol. The molecule has 1 unspecified atom stereocenters. The fourth-order valence-corrected chi connectivity index (χ4v) is 4.77. The summed E-state index contributed by atoms with van der Waals surface area (Å²) in [6.07, 6.45) is 4.96. The largest absolute Gasteiger partial charge is 0.507 e. The van der Waals surface area contributed by atoms with Crippen LogP contribution in [0.5, 0.6) is 11.5 Å². The number of aromatic hydroxyl groups is 1. The van der Waals surface area contributed by atoms with Gasteiger partial charge in [-0.2, -0.15) is 0 Å². The number of phenols is 1. The van der Waals surface area contributed by atoms with E-state index in [1.807, 2.05) is 41.3 Å². The van der Waals surface area contributed by atoms with Crippen LogP contribution in [-0.4, -0.2) is 29.6 Å². The minimum absolute atomic E-state index is 0.000353. The Bertz CT molecular complexity index is 874. The molecule has 2 aromatic carbocycles. The minimum atomic E-state index is -0.000353. The molecule has 2 fully saturated rings. The van der Waals surface area contributed by atoms with Gasteiger partial charge in [0.25, 0.3) is 0 Å². The zero-order valence-electron chi connectivity index (χ0n) is 16.4. The summed E-state index contributed by atoms with van der Waals surface area (Å²) < 4.78 is 5.54. The summed E-state index contributed by atoms with van der Waals surface area (Å²) in [5.74, 6) is 1.55. The van der Waals surface area contributed by atoms with Crippen molar-refractivity contribution in [3.05, 3.63) is 53.1 Å². The first-order valence-corrected chi connectivity index (χ1v) is 10.1. The number of methoxy groups -OCH3 is 1. The summed E-state index contributed by atoms with van der Waals surface area (Å²) in [4.78, 5) is 14.5. The van der Waals surface area contributed by atoms with Crippen LogP contribution in [0.4, 0.5) is 5.69 Å². The number of carbonyl (C=O) groups is 1. The number of benzene rings is 2. The molecule has 1 aliphatic heterocycles. The molecule has 4 rings (SSSR count). The van der Waals surface area contributed by atoms with E-state index in [1.54, 1.807) is 7.11 Å². The van der Waals surface area contributed by atoms with Crippen molar-refractivity contribution in [1.29, 1.82) is 0 Å². The fraction of sp³-hybridized carbons (Fsp3) is 0.435. The van der Waals surface area contributed by atoms with Gasteiger partial charge in [-0.3, -0.25) is 4.79 Å². The van der Waals surface area contributed by atoms with E-state index in [-0.39, 0.29) is 11.8 Å². The number of carbonyl (C=O) groups excluding carboxylic acids is 1. The molecule has 0 spiro atoms. The molecule has 2 aromatic rings. The van der Waals surface area contributed by atoms with Crippen LogP contribution in [0.1, 0.15) is 60.6 Å². The average Bonchev–Trinajstić information content (AvgIpc) is 3.32. The lowest BCUT2D eigenvalue weighted by Crippen LogP contribution is -2.24. The molecule has 1 saturated heterocycles. The Balaban J connectivity index is 1.57. The van der Waals surface area contributed by atoms with Crippen molar-refractivity contribution >= 4 is 11.6 Å². The Hall–Kier alpha value is -2.69.